The Labute approximate surface area is 171 Å². The molecular weight excluding hydrogens is 394 g/mol. The number of rotatable bonds is 6. The third-order valence-electron chi connectivity index (χ3n) is 3.97. The molecule has 9 heteroatoms. The molecule has 8 nitrogen and oxygen atoms in total. The molecule has 2 aromatic rings. The Bertz CT molecular complexity index is 919. The number of hydrogen-bond donors (Lipinski definition) is 3. The van der Waals surface area contributed by atoms with Crippen molar-refractivity contribution >= 4 is 41.3 Å². The van der Waals surface area contributed by atoms with Crippen LogP contribution in [0.5, 0.6) is 0 Å². The topological polar surface area (TPSA) is 114 Å². The molecule has 4 amide bonds. The van der Waals surface area contributed by atoms with Crippen molar-refractivity contribution in [1.29, 1.82) is 0 Å². The molecule has 1 aliphatic rings. The maximum atomic E-state index is 12.1. The zero-order valence-electron chi connectivity index (χ0n) is 15.3. The number of fused-ring (bicyclic) bond motifs is 1. The predicted molar refractivity (Wildman–Crippen MR) is 107 cm³/mol. The van der Waals surface area contributed by atoms with Gasteiger partial charge in [-0.15, -0.1) is 11.8 Å². The highest BCUT2D eigenvalue weighted by Gasteiger charge is 2.29. The van der Waals surface area contributed by atoms with E-state index in [1.54, 1.807) is 6.07 Å². The molecule has 0 fully saturated rings. The second kappa shape index (κ2) is 9.74. The molecule has 3 rings (SSSR count). The quantitative estimate of drug-likeness (QED) is 0.625. The van der Waals surface area contributed by atoms with Gasteiger partial charge in [0.1, 0.15) is 0 Å². The molecule has 1 atom stereocenters. The number of hydrogen-bond acceptors (Lipinski definition) is 6. The van der Waals surface area contributed by atoms with Gasteiger partial charge in [0.05, 0.1) is 17.4 Å². The average Bonchev–Trinajstić information content (AvgIpc) is 2.72. The van der Waals surface area contributed by atoms with Gasteiger partial charge in [-0.3, -0.25) is 19.7 Å². The van der Waals surface area contributed by atoms with Gasteiger partial charge in [0, 0.05) is 11.4 Å². The smallest absolute Gasteiger partial charge is 0.321 e. The molecular formula is C20H19N3O5S. The van der Waals surface area contributed by atoms with Crippen LogP contribution in [0.1, 0.15) is 12.0 Å². The van der Waals surface area contributed by atoms with Gasteiger partial charge in [0.25, 0.3) is 5.91 Å². The van der Waals surface area contributed by atoms with E-state index < -0.39 is 29.8 Å². The van der Waals surface area contributed by atoms with E-state index in [-0.39, 0.29) is 18.9 Å². The molecule has 150 valence electrons. The normalized spacial score (nSPS) is 14.9. The Morgan fingerprint density at radius 2 is 1.76 bits per heavy atom. The van der Waals surface area contributed by atoms with Gasteiger partial charge in [0.15, 0.2) is 6.61 Å². The second-order valence-electron chi connectivity index (χ2n) is 6.17. The summed E-state index contributed by atoms with van der Waals surface area (Å²) in [6.45, 7) is -0.345. The highest BCUT2D eigenvalue weighted by molar-refractivity contribution is 8.01. The number of ether oxygens (including phenoxy) is 1. The summed E-state index contributed by atoms with van der Waals surface area (Å²) in [6.07, 6.45) is -0.182. The molecule has 0 aliphatic carbocycles. The molecule has 0 saturated heterocycles. The Balaban J connectivity index is 1.38. The van der Waals surface area contributed by atoms with E-state index in [4.69, 9.17) is 4.74 Å². The first-order valence-electron chi connectivity index (χ1n) is 8.85. The predicted octanol–water partition coefficient (Wildman–Crippen LogP) is 2.06. The number of nitrogens with one attached hydrogen (secondary N) is 3. The number of para-hydroxylation sites is 1. The van der Waals surface area contributed by atoms with Crippen molar-refractivity contribution < 1.29 is 23.9 Å². The summed E-state index contributed by atoms with van der Waals surface area (Å²) in [5.74, 6) is -1.75. The van der Waals surface area contributed by atoms with Crippen molar-refractivity contribution in [3.8, 4) is 0 Å². The van der Waals surface area contributed by atoms with Crippen molar-refractivity contribution in [2.45, 2.75) is 23.1 Å². The summed E-state index contributed by atoms with van der Waals surface area (Å²) in [7, 11) is 0. The van der Waals surface area contributed by atoms with Crippen LogP contribution in [-0.2, 0) is 25.7 Å². The third kappa shape index (κ3) is 6.08. The standard InChI is InChI=1S/C20H19N3O5S/c24-17(23-20(27)21-11-13-6-2-1-3-7-13)12-28-18(25)10-16-19(26)22-14-8-4-5-9-15(14)29-16/h1-9,16H,10-12H2,(H,22,26)(H2,21,23,24,27)/t16-/m0/s1. The lowest BCUT2D eigenvalue weighted by atomic mass is 10.2. The van der Waals surface area contributed by atoms with E-state index in [0.717, 1.165) is 10.5 Å². The highest BCUT2D eigenvalue weighted by Crippen LogP contribution is 2.36. The molecule has 0 aromatic heterocycles. The van der Waals surface area contributed by atoms with Crippen molar-refractivity contribution in [3.63, 3.8) is 0 Å². The minimum Gasteiger partial charge on any atom is -0.456 e. The molecule has 3 N–H and O–H groups in total. The molecule has 0 unspecified atom stereocenters. The number of carbonyl (C=O) groups is 4. The molecule has 1 aliphatic heterocycles. The van der Waals surface area contributed by atoms with Gasteiger partial charge in [-0.05, 0) is 17.7 Å². The van der Waals surface area contributed by atoms with E-state index in [0.29, 0.717) is 5.69 Å². The lowest BCUT2D eigenvalue weighted by Crippen LogP contribution is -2.41. The number of amides is 4. The molecule has 1 heterocycles. The molecule has 29 heavy (non-hydrogen) atoms. The van der Waals surface area contributed by atoms with Gasteiger partial charge in [-0.25, -0.2) is 4.79 Å². The fraction of sp³-hybridized carbons (Fsp3) is 0.200. The SMILES string of the molecule is O=C(COC(=O)C[C@@H]1Sc2ccccc2NC1=O)NC(=O)NCc1ccccc1. The van der Waals surface area contributed by atoms with Gasteiger partial charge in [0.2, 0.25) is 5.91 Å². The van der Waals surface area contributed by atoms with Crippen LogP contribution in [0.15, 0.2) is 59.5 Å². The van der Waals surface area contributed by atoms with Crippen molar-refractivity contribution in [2.24, 2.45) is 0 Å². The largest absolute Gasteiger partial charge is 0.456 e. The first-order chi connectivity index (χ1) is 14.0. The van der Waals surface area contributed by atoms with Crippen molar-refractivity contribution in [3.05, 3.63) is 60.2 Å². The fourth-order valence-corrected chi connectivity index (χ4v) is 3.66. The van der Waals surface area contributed by atoms with Crippen molar-refractivity contribution in [1.82, 2.24) is 10.6 Å². The first-order valence-corrected chi connectivity index (χ1v) is 9.73. The van der Waals surface area contributed by atoms with Crippen LogP contribution in [-0.4, -0.2) is 35.7 Å². The van der Waals surface area contributed by atoms with Crippen molar-refractivity contribution in [2.75, 3.05) is 11.9 Å². The lowest BCUT2D eigenvalue weighted by molar-refractivity contribution is -0.148. The zero-order valence-corrected chi connectivity index (χ0v) is 16.2. The van der Waals surface area contributed by atoms with Gasteiger partial charge in [-0.2, -0.15) is 0 Å². The van der Waals surface area contributed by atoms with Crippen LogP contribution in [0.3, 0.4) is 0 Å². The lowest BCUT2D eigenvalue weighted by Gasteiger charge is -2.23. The van der Waals surface area contributed by atoms with Crippen LogP contribution >= 0.6 is 11.8 Å². The number of thioether (sulfide) groups is 1. The van der Waals surface area contributed by atoms with Crippen LogP contribution < -0.4 is 16.0 Å². The number of carbonyl (C=O) groups excluding carboxylic acids is 4. The Morgan fingerprint density at radius 3 is 2.55 bits per heavy atom. The minimum atomic E-state index is -0.755. The van der Waals surface area contributed by atoms with E-state index in [1.807, 2.05) is 48.5 Å². The van der Waals surface area contributed by atoms with E-state index in [1.165, 1.54) is 11.8 Å². The van der Waals surface area contributed by atoms with Crippen LogP contribution in [0.25, 0.3) is 0 Å². The van der Waals surface area contributed by atoms with Gasteiger partial charge >= 0.3 is 12.0 Å². The summed E-state index contributed by atoms with van der Waals surface area (Å²) in [5.41, 5.74) is 1.58. The molecule has 0 spiro atoms. The maximum Gasteiger partial charge on any atom is 0.321 e. The zero-order chi connectivity index (χ0) is 20.6. The van der Waals surface area contributed by atoms with Crippen LogP contribution in [0, 0.1) is 0 Å². The highest BCUT2D eigenvalue weighted by atomic mass is 32.2. The number of urea groups is 1. The summed E-state index contributed by atoms with van der Waals surface area (Å²) < 4.78 is 4.88. The summed E-state index contributed by atoms with van der Waals surface area (Å²) in [6, 6.07) is 15.8. The van der Waals surface area contributed by atoms with E-state index in [2.05, 4.69) is 16.0 Å². The summed E-state index contributed by atoms with van der Waals surface area (Å²) in [4.78, 5) is 48.4. The third-order valence-corrected chi connectivity index (χ3v) is 5.25. The molecule has 2 aromatic carbocycles. The minimum absolute atomic E-state index is 0.182. The summed E-state index contributed by atoms with van der Waals surface area (Å²) in [5, 5.41) is 6.70. The monoisotopic (exact) mass is 413 g/mol. The first kappa shape index (κ1) is 20.4. The average molecular weight is 413 g/mol. The van der Waals surface area contributed by atoms with Crippen LogP contribution in [0.4, 0.5) is 10.5 Å². The number of anilines is 1. The second-order valence-corrected chi connectivity index (χ2v) is 7.42. The number of benzene rings is 2. The molecule has 0 bridgehead atoms. The number of imide groups is 1. The molecule has 0 saturated carbocycles. The van der Waals surface area contributed by atoms with Gasteiger partial charge in [-0.1, -0.05) is 42.5 Å². The van der Waals surface area contributed by atoms with Gasteiger partial charge < -0.3 is 15.4 Å². The summed E-state index contributed by atoms with van der Waals surface area (Å²) >= 11 is 1.27. The maximum absolute atomic E-state index is 12.1. The van der Waals surface area contributed by atoms with E-state index in [9.17, 15) is 19.2 Å². The van der Waals surface area contributed by atoms with Crippen LogP contribution in [0.2, 0.25) is 0 Å². The van der Waals surface area contributed by atoms with E-state index >= 15 is 0 Å². The number of esters is 1. The Morgan fingerprint density at radius 1 is 1.03 bits per heavy atom. The Hall–Kier alpha value is -3.33. The fourth-order valence-electron chi connectivity index (χ4n) is 2.57. The Kier molecular flexibility index (Phi) is 6.85. The molecule has 0 radical (unpaired) electrons.